The van der Waals surface area contributed by atoms with E-state index in [1.807, 2.05) is 48.5 Å². The third-order valence-corrected chi connectivity index (χ3v) is 10.9. The summed E-state index contributed by atoms with van der Waals surface area (Å²) < 4.78 is 0. The summed E-state index contributed by atoms with van der Waals surface area (Å²) in [5.41, 5.74) is 3.79. The molecule has 40 heavy (non-hydrogen) atoms. The molecular formula is C33H25NO6. The first-order valence-electron chi connectivity index (χ1n) is 13.4. The number of carboxylic acids is 2. The zero-order valence-electron chi connectivity index (χ0n) is 22.4. The summed E-state index contributed by atoms with van der Waals surface area (Å²) in [6, 6.07) is 15.4. The summed E-state index contributed by atoms with van der Waals surface area (Å²) >= 11 is 0. The molecule has 0 fully saturated rings. The van der Waals surface area contributed by atoms with Crippen LogP contribution in [0.15, 0.2) is 48.5 Å². The minimum Gasteiger partial charge on any atom is -0.481 e. The molecule has 3 aliphatic carbocycles. The predicted octanol–water partition coefficient (Wildman–Crippen LogP) is 5.07. The fourth-order valence-corrected chi connectivity index (χ4v) is 8.66. The fraction of sp³-hybridized carbons (Fsp3) is 0.273. The lowest BCUT2D eigenvalue weighted by molar-refractivity contribution is -0.145. The molecule has 0 saturated carbocycles. The molecule has 1 aliphatic heterocycles. The number of nitrogens with zero attached hydrogens (tertiary/aromatic N) is 1. The molecule has 2 amide bonds. The second-order valence-electron chi connectivity index (χ2n) is 12.3. The Morgan fingerprint density at radius 2 is 1.15 bits per heavy atom. The van der Waals surface area contributed by atoms with E-state index in [4.69, 9.17) is 0 Å². The van der Waals surface area contributed by atoms with E-state index in [0.717, 1.165) is 43.3 Å². The van der Waals surface area contributed by atoms with Crippen molar-refractivity contribution in [1.82, 2.24) is 4.90 Å². The number of hydrogen-bond acceptors (Lipinski definition) is 4. The van der Waals surface area contributed by atoms with Crippen molar-refractivity contribution in [1.29, 1.82) is 0 Å². The molecule has 2 N–H and O–H groups in total. The maximum atomic E-state index is 13.1. The van der Waals surface area contributed by atoms with Gasteiger partial charge in [-0.3, -0.25) is 24.1 Å². The highest BCUT2D eigenvalue weighted by Gasteiger charge is 2.61. The van der Waals surface area contributed by atoms with Crippen LogP contribution < -0.4 is 0 Å². The van der Waals surface area contributed by atoms with E-state index in [9.17, 15) is 29.4 Å². The van der Waals surface area contributed by atoms with Crippen molar-refractivity contribution in [3.63, 3.8) is 0 Å². The van der Waals surface area contributed by atoms with Gasteiger partial charge in [-0.15, -0.1) is 0 Å². The van der Waals surface area contributed by atoms with Crippen LogP contribution >= 0.6 is 0 Å². The largest absolute Gasteiger partial charge is 0.481 e. The zero-order chi connectivity index (χ0) is 28.3. The highest BCUT2D eigenvalue weighted by atomic mass is 16.4. The first kappa shape index (κ1) is 23.4. The smallest absolute Gasteiger partial charge is 0.313 e. The van der Waals surface area contributed by atoms with Gasteiger partial charge in [0, 0.05) is 34.4 Å². The number of carbonyl (C=O) groups excluding carboxylic acids is 2. The Bertz CT molecular complexity index is 1930. The number of aliphatic carboxylic acids is 2. The van der Waals surface area contributed by atoms with Crippen LogP contribution in [0.4, 0.5) is 0 Å². The molecule has 7 heteroatoms. The normalized spacial score (nSPS) is 28.9. The van der Waals surface area contributed by atoms with Crippen molar-refractivity contribution in [3.8, 4) is 0 Å². The van der Waals surface area contributed by atoms with Crippen LogP contribution in [0, 0.1) is 0 Å². The molecule has 198 valence electrons. The standard InChI is InChI=1S/C33H25NO6/c1-31(30(39)40)13-17(29(37)38)14-5-8-21-26-22(12-11-18(31)24(14)26)33(3)20-10-7-16-23-15(27(35)34(4)28(16)36)6-9-19(25(20)23)32(21,33)2/h5-12,17H,13H2,1-4H3,(H,37,38)(H,39,40). The molecule has 1 heterocycles. The lowest BCUT2D eigenvalue weighted by Crippen LogP contribution is -2.39. The Labute approximate surface area is 229 Å². The maximum Gasteiger partial charge on any atom is 0.313 e. The minimum atomic E-state index is -1.35. The lowest BCUT2D eigenvalue weighted by atomic mass is 9.62. The number of benzene rings is 4. The van der Waals surface area contributed by atoms with Gasteiger partial charge in [0.25, 0.3) is 11.8 Å². The van der Waals surface area contributed by atoms with Gasteiger partial charge in [-0.1, -0.05) is 50.2 Å². The van der Waals surface area contributed by atoms with E-state index in [0.29, 0.717) is 27.6 Å². The van der Waals surface area contributed by atoms with Crippen molar-refractivity contribution in [2.75, 3.05) is 7.05 Å². The summed E-state index contributed by atoms with van der Waals surface area (Å²) in [7, 11) is 1.50. The first-order valence-corrected chi connectivity index (χ1v) is 13.4. The van der Waals surface area contributed by atoms with Gasteiger partial charge >= 0.3 is 11.9 Å². The van der Waals surface area contributed by atoms with Crippen molar-refractivity contribution in [2.45, 2.75) is 49.4 Å². The third kappa shape index (κ3) is 2.11. The van der Waals surface area contributed by atoms with Crippen LogP contribution in [-0.2, 0) is 25.8 Å². The van der Waals surface area contributed by atoms with Crippen molar-refractivity contribution < 1.29 is 29.4 Å². The van der Waals surface area contributed by atoms with Crippen LogP contribution in [0.2, 0.25) is 0 Å². The molecule has 4 aromatic rings. The fourth-order valence-electron chi connectivity index (χ4n) is 8.66. The summed E-state index contributed by atoms with van der Waals surface area (Å²) in [4.78, 5) is 52.5. The Kier molecular flexibility index (Phi) is 3.86. The molecule has 0 radical (unpaired) electrons. The van der Waals surface area contributed by atoms with Gasteiger partial charge in [-0.05, 0) is 75.0 Å². The van der Waals surface area contributed by atoms with E-state index in [2.05, 4.69) is 13.8 Å². The van der Waals surface area contributed by atoms with Gasteiger partial charge in [-0.2, -0.15) is 0 Å². The predicted molar refractivity (Wildman–Crippen MR) is 147 cm³/mol. The summed E-state index contributed by atoms with van der Waals surface area (Å²) in [5.74, 6) is -3.64. The SMILES string of the molecule is CN1C(=O)c2ccc3c4c(ccc(c24)C1=O)C1(C)c2ccc4c5c(ccc(c25)C31C)C(C(=O)O)CC4(C)C(=O)O. The third-order valence-electron chi connectivity index (χ3n) is 10.9. The van der Waals surface area contributed by atoms with Crippen molar-refractivity contribution >= 4 is 45.3 Å². The molecule has 0 bridgehead atoms. The van der Waals surface area contributed by atoms with Gasteiger partial charge in [0.1, 0.15) is 0 Å². The number of amides is 2. The lowest BCUT2D eigenvalue weighted by Gasteiger charge is -2.38. The molecule has 4 unspecified atom stereocenters. The van der Waals surface area contributed by atoms with Crippen LogP contribution in [0.3, 0.4) is 0 Å². The number of imide groups is 1. The second-order valence-corrected chi connectivity index (χ2v) is 12.3. The summed E-state index contributed by atoms with van der Waals surface area (Å²) in [5, 5.41) is 23.7. The van der Waals surface area contributed by atoms with Crippen LogP contribution in [0.25, 0.3) is 21.5 Å². The van der Waals surface area contributed by atoms with Crippen molar-refractivity contribution in [3.05, 3.63) is 93.0 Å². The van der Waals surface area contributed by atoms with E-state index < -0.39 is 34.1 Å². The highest BCUT2D eigenvalue weighted by Crippen LogP contribution is 2.68. The number of carboxylic acid groups (broad SMARTS) is 2. The minimum absolute atomic E-state index is 0.0167. The van der Waals surface area contributed by atoms with Crippen LogP contribution in [0.1, 0.15) is 87.2 Å². The van der Waals surface area contributed by atoms with E-state index in [1.54, 1.807) is 6.92 Å². The number of hydrogen-bond donors (Lipinski definition) is 2. The topological polar surface area (TPSA) is 112 Å². The van der Waals surface area contributed by atoms with Gasteiger partial charge in [0.05, 0.1) is 11.3 Å². The number of fused-ring (bicyclic) bond motifs is 5. The Morgan fingerprint density at radius 3 is 1.65 bits per heavy atom. The molecule has 4 atom stereocenters. The molecular weight excluding hydrogens is 506 g/mol. The highest BCUT2D eigenvalue weighted by molar-refractivity contribution is 6.27. The number of rotatable bonds is 2. The van der Waals surface area contributed by atoms with E-state index in [1.165, 1.54) is 7.05 Å². The van der Waals surface area contributed by atoms with Gasteiger partial charge in [0.15, 0.2) is 0 Å². The van der Waals surface area contributed by atoms with Gasteiger partial charge < -0.3 is 10.2 Å². The Morgan fingerprint density at radius 1 is 0.700 bits per heavy atom. The molecule has 4 aliphatic rings. The van der Waals surface area contributed by atoms with Gasteiger partial charge in [0.2, 0.25) is 0 Å². The van der Waals surface area contributed by atoms with E-state index in [-0.39, 0.29) is 18.2 Å². The molecule has 0 spiro atoms. The Balaban J connectivity index is 1.52. The average Bonchev–Trinajstić information content (AvgIpc) is 3.26. The van der Waals surface area contributed by atoms with Crippen molar-refractivity contribution in [2.24, 2.45) is 0 Å². The summed E-state index contributed by atoms with van der Waals surface area (Å²) in [6.07, 6.45) is -0.0167. The monoisotopic (exact) mass is 531 g/mol. The number of carbonyl (C=O) groups is 4. The van der Waals surface area contributed by atoms with Gasteiger partial charge in [-0.25, -0.2) is 0 Å². The molecule has 8 rings (SSSR count). The molecule has 4 aromatic carbocycles. The first-order chi connectivity index (χ1) is 18.9. The average molecular weight is 532 g/mol. The van der Waals surface area contributed by atoms with Crippen LogP contribution in [0.5, 0.6) is 0 Å². The molecule has 0 aromatic heterocycles. The summed E-state index contributed by atoms with van der Waals surface area (Å²) in [6.45, 7) is 5.97. The Hall–Kier alpha value is -4.52. The quantitative estimate of drug-likeness (QED) is 0.349. The molecule has 0 saturated heterocycles. The second kappa shape index (κ2) is 6.61. The zero-order valence-corrected chi connectivity index (χ0v) is 22.4. The van der Waals surface area contributed by atoms with E-state index >= 15 is 0 Å². The molecule has 7 nitrogen and oxygen atoms in total. The maximum absolute atomic E-state index is 13.1. The van der Waals surface area contributed by atoms with Crippen LogP contribution in [-0.4, -0.2) is 45.9 Å².